The number of hydrogen-bond acceptors (Lipinski definition) is 4. The zero-order valence-electron chi connectivity index (χ0n) is 13.3. The van der Waals surface area contributed by atoms with Gasteiger partial charge in [-0.25, -0.2) is 9.97 Å². The van der Waals surface area contributed by atoms with Crippen molar-refractivity contribution < 1.29 is 0 Å². The van der Waals surface area contributed by atoms with Crippen molar-refractivity contribution in [2.75, 3.05) is 11.9 Å². The molecular weight excluding hydrogens is 260 g/mol. The van der Waals surface area contributed by atoms with Crippen molar-refractivity contribution >= 4 is 5.69 Å². The highest BCUT2D eigenvalue weighted by Gasteiger charge is 2.12. The SMILES string of the molecule is Cc1ccc(CN(C)c2cnc(C(C)C)nc2CN)cc1. The van der Waals surface area contributed by atoms with Gasteiger partial charge in [-0.2, -0.15) is 0 Å². The number of nitrogens with zero attached hydrogens (tertiary/aromatic N) is 3. The Morgan fingerprint density at radius 3 is 2.43 bits per heavy atom. The second-order valence-corrected chi connectivity index (χ2v) is 5.76. The summed E-state index contributed by atoms with van der Waals surface area (Å²) < 4.78 is 0. The molecule has 0 unspecified atom stereocenters. The highest BCUT2D eigenvalue weighted by atomic mass is 15.1. The topological polar surface area (TPSA) is 55.0 Å². The van der Waals surface area contributed by atoms with E-state index in [0.29, 0.717) is 12.5 Å². The Balaban J connectivity index is 2.22. The number of hydrogen-bond donors (Lipinski definition) is 1. The van der Waals surface area contributed by atoms with Crippen LogP contribution >= 0.6 is 0 Å². The van der Waals surface area contributed by atoms with Gasteiger partial charge in [0.2, 0.25) is 0 Å². The maximum Gasteiger partial charge on any atom is 0.131 e. The first-order valence-corrected chi connectivity index (χ1v) is 7.33. The molecule has 1 heterocycles. The Kier molecular flexibility index (Phi) is 4.91. The predicted molar refractivity (Wildman–Crippen MR) is 87.3 cm³/mol. The van der Waals surface area contributed by atoms with E-state index in [9.17, 15) is 0 Å². The summed E-state index contributed by atoms with van der Waals surface area (Å²) in [5.74, 6) is 1.16. The van der Waals surface area contributed by atoms with E-state index in [2.05, 4.69) is 59.9 Å². The summed E-state index contributed by atoms with van der Waals surface area (Å²) in [7, 11) is 2.05. The van der Waals surface area contributed by atoms with E-state index in [4.69, 9.17) is 5.73 Å². The fourth-order valence-electron chi connectivity index (χ4n) is 2.23. The number of benzene rings is 1. The largest absolute Gasteiger partial charge is 0.368 e. The molecular formula is C17H24N4. The van der Waals surface area contributed by atoms with Crippen LogP contribution in [0.25, 0.3) is 0 Å². The number of nitrogens with two attached hydrogens (primary N) is 1. The van der Waals surface area contributed by atoms with Crippen LogP contribution < -0.4 is 10.6 Å². The second-order valence-electron chi connectivity index (χ2n) is 5.76. The number of aryl methyl sites for hydroxylation is 1. The minimum Gasteiger partial charge on any atom is -0.368 e. The van der Waals surface area contributed by atoms with Crippen LogP contribution in [0.3, 0.4) is 0 Å². The number of aromatic nitrogens is 2. The molecule has 0 spiro atoms. The smallest absolute Gasteiger partial charge is 0.131 e. The quantitative estimate of drug-likeness (QED) is 0.917. The fraction of sp³-hybridized carbons (Fsp3) is 0.412. The summed E-state index contributed by atoms with van der Waals surface area (Å²) >= 11 is 0. The zero-order valence-corrected chi connectivity index (χ0v) is 13.3. The summed E-state index contributed by atoms with van der Waals surface area (Å²) in [4.78, 5) is 11.2. The molecule has 0 atom stereocenters. The molecule has 0 radical (unpaired) electrons. The zero-order chi connectivity index (χ0) is 15.4. The van der Waals surface area contributed by atoms with Crippen molar-refractivity contribution in [3.63, 3.8) is 0 Å². The molecule has 1 aromatic carbocycles. The monoisotopic (exact) mass is 284 g/mol. The van der Waals surface area contributed by atoms with E-state index in [1.807, 2.05) is 13.2 Å². The van der Waals surface area contributed by atoms with Crippen molar-refractivity contribution in [2.24, 2.45) is 5.73 Å². The van der Waals surface area contributed by atoms with Crippen LogP contribution in [0.5, 0.6) is 0 Å². The van der Waals surface area contributed by atoms with Gasteiger partial charge in [-0.3, -0.25) is 0 Å². The third-order valence-corrected chi connectivity index (χ3v) is 3.53. The van der Waals surface area contributed by atoms with Crippen LogP contribution in [-0.2, 0) is 13.1 Å². The molecule has 4 heteroatoms. The molecule has 21 heavy (non-hydrogen) atoms. The summed E-state index contributed by atoms with van der Waals surface area (Å²) in [6.45, 7) is 7.52. The standard InChI is InChI=1S/C17H24N4/c1-12(2)17-19-10-16(15(9-18)20-17)21(4)11-14-7-5-13(3)6-8-14/h5-8,10,12H,9,11,18H2,1-4H3. The Morgan fingerprint density at radius 2 is 1.86 bits per heavy atom. The Labute approximate surface area is 127 Å². The lowest BCUT2D eigenvalue weighted by molar-refractivity contribution is 0.748. The van der Waals surface area contributed by atoms with Crippen LogP contribution in [0, 0.1) is 6.92 Å². The normalized spacial score (nSPS) is 11.0. The van der Waals surface area contributed by atoms with Crippen LogP contribution in [0.15, 0.2) is 30.5 Å². The molecule has 4 nitrogen and oxygen atoms in total. The van der Waals surface area contributed by atoms with Gasteiger partial charge in [0.15, 0.2) is 0 Å². The van der Waals surface area contributed by atoms with Gasteiger partial charge in [0, 0.05) is 26.1 Å². The molecule has 0 aliphatic rings. The van der Waals surface area contributed by atoms with Crippen LogP contribution in [-0.4, -0.2) is 17.0 Å². The molecule has 1 aromatic heterocycles. The van der Waals surface area contributed by atoms with E-state index < -0.39 is 0 Å². The lowest BCUT2D eigenvalue weighted by atomic mass is 10.1. The van der Waals surface area contributed by atoms with Crippen LogP contribution in [0.2, 0.25) is 0 Å². The van der Waals surface area contributed by atoms with Crippen molar-refractivity contribution in [1.82, 2.24) is 9.97 Å². The van der Waals surface area contributed by atoms with Gasteiger partial charge in [-0.15, -0.1) is 0 Å². The fourth-order valence-corrected chi connectivity index (χ4v) is 2.23. The molecule has 112 valence electrons. The van der Waals surface area contributed by atoms with Crippen LogP contribution in [0.1, 0.15) is 42.4 Å². The maximum absolute atomic E-state index is 5.85. The van der Waals surface area contributed by atoms with E-state index in [-0.39, 0.29) is 0 Å². The minimum absolute atomic E-state index is 0.312. The second kappa shape index (κ2) is 6.68. The first-order chi connectivity index (χ1) is 10.0. The van der Waals surface area contributed by atoms with E-state index >= 15 is 0 Å². The lowest BCUT2D eigenvalue weighted by Gasteiger charge is -2.22. The maximum atomic E-state index is 5.85. The van der Waals surface area contributed by atoms with Gasteiger partial charge in [0.05, 0.1) is 17.6 Å². The lowest BCUT2D eigenvalue weighted by Crippen LogP contribution is -2.21. The van der Waals surface area contributed by atoms with Gasteiger partial charge in [0.25, 0.3) is 0 Å². The molecule has 0 aliphatic carbocycles. The third-order valence-electron chi connectivity index (χ3n) is 3.53. The number of anilines is 1. The number of rotatable bonds is 5. The van der Waals surface area contributed by atoms with Gasteiger partial charge >= 0.3 is 0 Å². The molecule has 0 fully saturated rings. The first kappa shape index (κ1) is 15.4. The Morgan fingerprint density at radius 1 is 1.19 bits per heavy atom. The van der Waals surface area contributed by atoms with E-state index in [0.717, 1.165) is 23.8 Å². The molecule has 0 aliphatic heterocycles. The molecule has 0 bridgehead atoms. The van der Waals surface area contributed by atoms with Crippen LogP contribution in [0.4, 0.5) is 5.69 Å². The van der Waals surface area contributed by atoms with Gasteiger partial charge in [0.1, 0.15) is 5.82 Å². The molecule has 2 aromatic rings. The first-order valence-electron chi connectivity index (χ1n) is 7.33. The highest BCUT2D eigenvalue weighted by Crippen LogP contribution is 2.21. The van der Waals surface area contributed by atoms with Gasteiger partial charge in [-0.05, 0) is 12.5 Å². The van der Waals surface area contributed by atoms with Gasteiger partial charge < -0.3 is 10.6 Å². The molecule has 0 amide bonds. The molecule has 2 rings (SSSR count). The van der Waals surface area contributed by atoms with Crippen molar-refractivity contribution in [2.45, 2.75) is 39.8 Å². The minimum atomic E-state index is 0.312. The van der Waals surface area contributed by atoms with E-state index in [1.165, 1.54) is 11.1 Å². The Bertz CT molecular complexity index is 590. The average molecular weight is 284 g/mol. The summed E-state index contributed by atoms with van der Waals surface area (Å²) in [5, 5.41) is 0. The third kappa shape index (κ3) is 3.79. The van der Waals surface area contributed by atoms with Crippen molar-refractivity contribution in [1.29, 1.82) is 0 Å². The Hall–Kier alpha value is -1.94. The molecule has 0 saturated carbocycles. The summed E-state index contributed by atoms with van der Waals surface area (Å²) in [5.41, 5.74) is 10.3. The summed E-state index contributed by atoms with van der Waals surface area (Å²) in [6.07, 6.45) is 1.89. The van der Waals surface area contributed by atoms with Crippen molar-refractivity contribution in [3.05, 3.63) is 53.1 Å². The van der Waals surface area contributed by atoms with Crippen molar-refractivity contribution in [3.8, 4) is 0 Å². The highest BCUT2D eigenvalue weighted by molar-refractivity contribution is 5.49. The summed E-state index contributed by atoms with van der Waals surface area (Å²) in [6, 6.07) is 8.56. The van der Waals surface area contributed by atoms with Gasteiger partial charge in [-0.1, -0.05) is 43.7 Å². The average Bonchev–Trinajstić information content (AvgIpc) is 2.48. The molecule has 2 N–H and O–H groups in total. The van der Waals surface area contributed by atoms with E-state index in [1.54, 1.807) is 0 Å². The predicted octanol–water partition coefficient (Wildman–Crippen LogP) is 3.00. The molecule has 0 saturated heterocycles.